The van der Waals surface area contributed by atoms with Crippen LogP contribution in [0.1, 0.15) is 32.3 Å². The van der Waals surface area contributed by atoms with Crippen LogP contribution >= 0.6 is 27.5 Å². The fourth-order valence-electron chi connectivity index (χ4n) is 2.92. The molecule has 1 atom stereocenters. The Morgan fingerprint density at radius 3 is 2.60 bits per heavy atom. The van der Waals surface area contributed by atoms with Crippen molar-refractivity contribution < 1.29 is 14.3 Å². The Balaban J connectivity index is 2.05. The summed E-state index contributed by atoms with van der Waals surface area (Å²) >= 11 is 9.52. The molecule has 2 aromatic rings. The number of rotatable bonds is 11. The molecule has 30 heavy (non-hydrogen) atoms. The zero-order valence-corrected chi connectivity index (χ0v) is 19.7. The van der Waals surface area contributed by atoms with E-state index in [2.05, 4.69) is 28.2 Å². The van der Waals surface area contributed by atoms with E-state index in [9.17, 15) is 9.59 Å². The maximum Gasteiger partial charge on any atom is 0.261 e. The minimum atomic E-state index is -0.595. The number of hydrogen-bond acceptors (Lipinski definition) is 3. The number of hydrogen-bond donors (Lipinski definition) is 1. The van der Waals surface area contributed by atoms with Gasteiger partial charge in [0.15, 0.2) is 6.61 Å². The van der Waals surface area contributed by atoms with Crippen molar-refractivity contribution in [2.75, 3.05) is 19.7 Å². The molecule has 0 radical (unpaired) electrons. The predicted octanol–water partition coefficient (Wildman–Crippen LogP) is 4.86. The first-order valence-corrected chi connectivity index (χ1v) is 11.3. The molecule has 0 saturated carbocycles. The molecule has 2 amide bonds. The van der Waals surface area contributed by atoms with E-state index in [0.29, 0.717) is 30.3 Å². The Hall–Kier alpha value is -2.05. The van der Waals surface area contributed by atoms with E-state index in [1.807, 2.05) is 30.3 Å². The van der Waals surface area contributed by atoms with Crippen molar-refractivity contribution in [3.63, 3.8) is 0 Å². The van der Waals surface area contributed by atoms with Gasteiger partial charge in [-0.2, -0.15) is 0 Å². The fourth-order valence-corrected chi connectivity index (χ4v) is 3.65. The highest BCUT2D eigenvalue weighted by molar-refractivity contribution is 9.10. The SMILES string of the molecule is CCCCNC(=O)[C@@H](C)N(CCc1ccccc1)C(=O)COc1ccc(Br)cc1Cl. The normalized spacial score (nSPS) is 11.6. The summed E-state index contributed by atoms with van der Waals surface area (Å²) in [5, 5.41) is 3.32. The van der Waals surface area contributed by atoms with E-state index in [-0.39, 0.29) is 18.4 Å². The number of nitrogens with one attached hydrogen (secondary N) is 1. The van der Waals surface area contributed by atoms with Gasteiger partial charge in [0, 0.05) is 17.6 Å². The molecular weight excluding hydrogens is 468 g/mol. The van der Waals surface area contributed by atoms with Crippen molar-refractivity contribution in [3.05, 3.63) is 63.6 Å². The van der Waals surface area contributed by atoms with Gasteiger partial charge < -0.3 is 15.0 Å². The van der Waals surface area contributed by atoms with Crippen molar-refractivity contribution in [1.82, 2.24) is 10.2 Å². The average molecular weight is 496 g/mol. The van der Waals surface area contributed by atoms with E-state index >= 15 is 0 Å². The fraction of sp³-hybridized carbons (Fsp3) is 0.391. The summed E-state index contributed by atoms with van der Waals surface area (Å²) in [5.74, 6) is 0.00544. The molecule has 7 heteroatoms. The van der Waals surface area contributed by atoms with Crippen LogP contribution in [0.5, 0.6) is 5.75 Å². The third kappa shape index (κ3) is 7.65. The highest BCUT2D eigenvalue weighted by atomic mass is 79.9. The molecule has 0 aromatic heterocycles. The van der Waals surface area contributed by atoms with Crippen LogP contribution in [-0.4, -0.2) is 42.5 Å². The summed E-state index contributed by atoms with van der Waals surface area (Å²) in [7, 11) is 0. The van der Waals surface area contributed by atoms with E-state index < -0.39 is 6.04 Å². The molecule has 0 saturated heterocycles. The Bertz CT molecular complexity index is 832. The summed E-state index contributed by atoms with van der Waals surface area (Å²) in [6, 6.07) is 14.5. The summed E-state index contributed by atoms with van der Waals surface area (Å²) in [5.41, 5.74) is 1.10. The number of amides is 2. The molecule has 0 aliphatic carbocycles. The Kier molecular flexibility index (Phi) is 10.2. The van der Waals surface area contributed by atoms with Crippen LogP contribution in [0, 0.1) is 0 Å². The lowest BCUT2D eigenvalue weighted by Crippen LogP contribution is -2.50. The second-order valence-electron chi connectivity index (χ2n) is 7.01. The van der Waals surface area contributed by atoms with E-state index in [0.717, 1.165) is 22.9 Å². The standard InChI is InChI=1S/C23H28BrClN2O3/c1-3-4-13-26-23(29)17(2)27(14-12-18-8-6-5-7-9-18)22(28)16-30-21-11-10-19(24)15-20(21)25/h5-11,15,17H,3-4,12-14,16H2,1-2H3,(H,26,29)/t17-/m1/s1. The minimum Gasteiger partial charge on any atom is -0.482 e. The lowest BCUT2D eigenvalue weighted by atomic mass is 10.1. The molecule has 0 spiro atoms. The molecule has 0 heterocycles. The van der Waals surface area contributed by atoms with Gasteiger partial charge in [0.05, 0.1) is 5.02 Å². The van der Waals surface area contributed by atoms with Crippen LogP contribution in [0.2, 0.25) is 5.02 Å². The molecular formula is C23H28BrClN2O3. The maximum atomic E-state index is 13.0. The third-order valence-corrected chi connectivity index (χ3v) is 5.51. The zero-order valence-electron chi connectivity index (χ0n) is 17.4. The predicted molar refractivity (Wildman–Crippen MR) is 124 cm³/mol. The van der Waals surface area contributed by atoms with Gasteiger partial charge in [0.25, 0.3) is 5.91 Å². The number of ether oxygens (including phenoxy) is 1. The minimum absolute atomic E-state index is 0.161. The van der Waals surface area contributed by atoms with Gasteiger partial charge in [0.1, 0.15) is 11.8 Å². The highest BCUT2D eigenvalue weighted by Crippen LogP contribution is 2.27. The number of unbranched alkanes of at least 4 members (excludes halogenated alkanes) is 1. The van der Waals surface area contributed by atoms with Gasteiger partial charge in [0.2, 0.25) is 5.91 Å². The Labute approximate surface area is 191 Å². The molecule has 0 unspecified atom stereocenters. The van der Waals surface area contributed by atoms with Gasteiger partial charge in [-0.25, -0.2) is 0 Å². The molecule has 162 valence electrons. The van der Waals surface area contributed by atoms with Gasteiger partial charge >= 0.3 is 0 Å². The number of nitrogens with zero attached hydrogens (tertiary/aromatic N) is 1. The first-order chi connectivity index (χ1) is 14.4. The summed E-state index contributed by atoms with van der Waals surface area (Å²) in [6.07, 6.45) is 2.55. The number of carbonyl (C=O) groups is 2. The summed E-state index contributed by atoms with van der Waals surface area (Å²) in [6.45, 7) is 4.64. The zero-order chi connectivity index (χ0) is 21.9. The van der Waals surface area contributed by atoms with Crippen LogP contribution in [0.25, 0.3) is 0 Å². The van der Waals surface area contributed by atoms with E-state index in [1.165, 1.54) is 0 Å². The Morgan fingerprint density at radius 2 is 1.93 bits per heavy atom. The highest BCUT2D eigenvalue weighted by Gasteiger charge is 2.26. The molecule has 0 bridgehead atoms. The van der Waals surface area contributed by atoms with Gasteiger partial charge in [-0.1, -0.05) is 71.2 Å². The average Bonchev–Trinajstić information content (AvgIpc) is 2.74. The van der Waals surface area contributed by atoms with Crippen molar-refractivity contribution in [2.45, 2.75) is 39.2 Å². The molecule has 1 N–H and O–H groups in total. The van der Waals surface area contributed by atoms with Crippen molar-refractivity contribution in [1.29, 1.82) is 0 Å². The lowest BCUT2D eigenvalue weighted by Gasteiger charge is -2.28. The van der Waals surface area contributed by atoms with Crippen LogP contribution < -0.4 is 10.1 Å². The molecule has 5 nitrogen and oxygen atoms in total. The van der Waals surface area contributed by atoms with Crippen molar-refractivity contribution >= 4 is 39.3 Å². The lowest BCUT2D eigenvalue weighted by molar-refractivity contribution is -0.141. The van der Waals surface area contributed by atoms with Gasteiger partial charge in [-0.05, 0) is 43.5 Å². The quantitative estimate of drug-likeness (QED) is 0.453. The molecule has 0 aliphatic rings. The largest absolute Gasteiger partial charge is 0.482 e. The monoisotopic (exact) mass is 494 g/mol. The van der Waals surface area contributed by atoms with E-state index in [4.69, 9.17) is 16.3 Å². The molecule has 0 aliphatic heterocycles. The molecule has 2 rings (SSSR count). The molecule has 0 fully saturated rings. The van der Waals surface area contributed by atoms with E-state index in [1.54, 1.807) is 30.0 Å². The van der Waals surface area contributed by atoms with Crippen LogP contribution in [0.3, 0.4) is 0 Å². The van der Waals surface area contributed by atoms with Gasteiger partial charge in [-0.3, -0.25) is 9.59 Å². The first-order valence-electron chi connectivity index (χ1n) is 10.1. The van der Waals surface area contributed by atoms with Crippen molar-refractivity contribution in [3.8, 4) is 5.75 Å². The topological polar surface area (TPSA) is 58.6 Å². The smallest absolute Gasteiger partial charge is 0.261 e. The number of halogens is 2. The Morgan fingerprint density at radius 1 is 1.20 bits per heavy atom. The second kappa shape index (κ2) is 12.6. The summed E-state index contributed by atoms with van der Waals surface area (Å²) < 4.78 is 6.47. The third-order valence-electron chi connectivity index (χ3n) is 4.73. The van der Waals surface area contributed by atoms with Crippen molar-refractivity contribution in [2.24, 2.45) is 0 Å². The summed E-state index contributed by atoms with van der Waals surface area (Å²) in [4.78, 5) is 27.1. The number of benzene rings is 2. The molecule has 2 aromatic carbocycles. The van der Waals surface area contributed by atoms with Crippen LogP contribution in [-0.2, 0) is 16.0 Å². The number of carbonyl (C=O) groups excluding carboxylic acids is 2. The first kappa shape index (κ1) is 24.2. The van der Waals surface area contributed by atoms with Crippen LogP contribution in [0.15, 0.2) is 53.0 Å². The van der Waals surface area contributed by atoms with Crippen LogP contribution in [0.4, 0.5) is 0 Å². The second-order valence-corrected chi connectivity index (χ2v) is 8.33. The maximum absolute atomic E-state index is 13.0. The van der Waals surface area contributed by atoms with Gasteiger partial charge in [-0.15, -0.1) is 0 Å².